The van der Waals surface area contributed by atoms with E-state index in [9.17, 15) is 9.59 Å². The quantitative estimate of drug-likeness (QED) is 0.649. The summed E-state index contributed by atoms with van der Waals surface area (Å²) in [6.45, 7) is 4.64. The van der Waals surface area contributed by atoms with Crippen LogP contribution < -0.4 is 5.32 Å². The van der Waals surface area contributed by atoms with Crippen molar-refractivity contribution in [3.05, 3.63) is 0 Å². The fourth-order valence-corrected chi connectivity index (χ4v) is 1.24. The van der Waals surface area contributed by atoms with Crippen molar-refractivity contribution in [2.24, 2.45) is 11.3 Å². The third kappa shape index (κ3) is 2.05. The summed E-state index contributed by atoms with van der Waals surface area (Å²) in [5.74, 6) is -0.895. The Morgan fingerprint density at radius 1 is 1.50 bits per heavy atom. The van der Waals surface area contributed by atoms with Gasteiger partial charge in [-0.25, -0.2) is 0 Å². The van der Waals surface area contributed by atoms with Crippen molar-refractivity contribution in [1.29, 1.82) is 0 Å². The van der Waals surface area contributed by atoms with E-state index in [0.717, 1.165) is 6.42 Å². The summed E-state index contributed by atoms with van der Waals surface area (Å²) in [5, 5.41) is 11.5. The van der Waals surface area contributed by atoms with Gasteiger partial charge in [0.2, 0.25) is 5.91 Å². The van der Waals surface area contributed by atoms with Gasteiger partial charge in [0.15, 0.2) is 0 Å². The summed E-state index contributed by atoms with van der Waals surface area (Å²) < 4.78 is 0. The number of hydrogen-bond acceptors (Lipinski definition) is 2. The molecule has 1 aliphatic carbocycles. The fourth-order valence-electron chi connectivity index (χ4n) is 1.24. The Hall–Kier alpha value is -1.06. The van der Waals surface area contributed by atoms with E-state index in [1.54, 1.807) is 0 Å². The van der Waals surface area contributed by atoms with Crippen LogP contribution in [0, 0.1) is 11.3 Å². The summed E-state index contributed by atoms with van der Waals surface area (Å²) in [6.07, 6.45) is 1.95. The van der Waals surface area contributed by atoms with Crippen LogP contribution in [0.25, 0.3) is 0 Å². The monoisotopic (exact) mass is 199 g/mol. The largest absolute Gasteiger partial charge is 0.480 e. The Morgan fingerprint density at radius 3 is 2.43 bits per heavy atom. The van der Waals surface area contributed by atoms with E-state index in [-0.39, 0.29) is 5.91 Å². The number of aliphatic carboxylic acids is 1. The van der Waals surface area contributed by atoms with Crippen molar-refractivity contribution in [2.45, 2.75) is 33.1 Å². The van der Waals surface area contributed by atoms with Crippen LogP contribution in [0.2, 0.25) is 0 Å². The lowest BCUT2D eigenvalue weighted by atomic mass is 10.1. The van der Waals surface area contributed by atoms with Gasteiger partial charge in [-0.15, -0.1) is 0 Å². The van der Waals surface area contributed by atoms with Crippen LogP contribution in [0.4, 0.5) is 0 Å². The van der Waals surface area contributed by atoms with Gasteiger partial charge in [-0.2, -0.15) is 0 Å². The average molecular weight is 199 g/mol. The van der Waals surface area contributed by atoms with Crippen molar-refractivity contribution in [1.82, 2.24) is 5.32 Å². The highest BCUT2D eigenvalue weighted by Gasteiger charge is 2.56. The highest BCUT2D eigenvalue weighted by Crippen LogP contribution is 2.46. The Bertz CT molecular complexity index is 246. The topological polar surface area (TPSA) is 66.4 Å². The van der Waals surface area contributed by atoms with E-state index in [1.165, 1.54) is 0 Å². The van der Waals surface area contributed by atoms with Crippen molar-refractivity contribution in [2.75, 3.05) is 6.54 Å². The van der Waals surface area contributed by atoms with Gasteiger partial charge in [-0.3, -0.25) is 9.59 Å². The second-order valence-corrected chi connectivity index (χ2v) is 4.11. The number of carbonyl (C=O) groups is 2. The van der Waals surface area contributed by atoms with Crippen molar-refractivity contribution < 1.29 is 14.7 Å². The molecule has 4 heteroatoms. The fraction of sp³-hybridized carbons (Fsp3) is 0.800. The maximum atomic E-state index is 11.5. The number of carbonyl (C=O) groups excluding carboxylic acids is 1. The van der Waals surface area contributed by atoms with Gasteiger partial charge in [0, 0.05) is 6.54 Å². The smallest absolute Gasteiger partial charge is 0.319 e. The second-order valence-electron chi connectivity index (χ2n) is 4.11. The Kier molecular flexibility index (Phi) is 3.13. The first-order chi connectivity index (χ1) is 6.53. The van der Waals surface area contributed by atoms with Crippen LogP contribution in [0.5, 0.6) is 0 Å². The molecule has 1 unspecified atom stereocenters. The molecule has 1 rings (SSSR count). The summed E-state index contributed by atoms with van der Waals surface area (Å²) in [4.78, 5) is 22.3. The molecule has 4 nitrogen and oxygen atoms in total. The molecule has 1 atom stereocenters. The maximum absolute atomic E-state index is 11.5. The molecule has 1 saturated carbocycles. The predicted molar refractivity (Wildman–Crippen MR) is 51.8 cm³/mol. The third-order valence-corrected chi connectivity index (χ3v) is 2.90. The molecule has 14 heavy (non-hydrogen) atoms. The van der Waals surface area contributed by atoms with Crippen LogP contribution in [0.1, 0.15) is 33.1 Å². The molecule has 2 N–H and O–H groups in total. The molecule has 0 radical (unpaired) electrons. The first-order valence-electron chi connectivity index (χ1n) is 5.04. The van der Waals surface area contributed by atoms with Gasteiger partial charge < -0.3 is 10.4 Å². The first kappa shape index (κ1) is 11.0. The van der Waals surface area contributed by atoms with E-state index in [4.69, 9.17) is 5.11 Å². The average Bonchev–Trinajstić information content (AvgIpc) is 2.94. The zero-order valence-corrected chi connectivity index (χ0v) is 8.67. The van der Waals surface area contributed by atoms with Gasteiger partial charge in [-0.05, 0) is 18.8 Å². The molecule has 0 heterocycles. The third-order valence-electron chi connectivity index (χ3n) is 2.90. The molecule has 0 saturated heterocycles. The molecule has 0 aliphatic heterocycles. The molecule has 0 aromatic rings. The lowest BCUT2D eigenvalue weighted by Gasteiger charge is -2.13. The Labute approximate surface area is 83.7 Å². The van der Waals surface area contributed by atoms with E-state index >= 15 is 0 Å². The van der Waals surface area contributed by atoms with Gasteiger partial charge in [0.05, 0.1) is 0 Å². The molecule has 1 amide bonds. The van der Waals surface area contributed by atoms with E-state index in [2.05, 4.69) is 5.32 Å². The summed E-state index contributed by atoms with van der Waals surface area (Å²) in [7, 11) is 0. The highest BCUT2D eigenvalue weighted by atomic mass is 16.4. The number of rotatable bonds is 5. The number of carboxylic acids is 1. The summed E-state index contributed by atoms with van der Waals surface area (Å²) >= 11 is 0. The second kappa shape index (κ2) is 3.98. The molecule has 0 aromatic heterocycles. The van der Waals surface area contributed by atoms with E-state index in [1.807, 2.05) is 13.8 Å². The summed E-state index contributed by atoms with van der Waals surface area (Å²) in [6, 6.07) is 0. The standard InChI is InChI=1S/C10H17NO3/c1-3-7(2)6-11-8(12)10(4-5-10)9(13)14/h7H,3-6H2,1-2H3,(H,11,12)(H,13,14). The maximum Gasteiger partial charge on any atom is 0.319 e. The van der Waals surface area contributed by atoms with Crippen LogP contribution in [0.3, 0.4) is 0 Å². The molecular weight excluding hydrogens is 182 g/mol. The first-order valence-corrected chi connectivity index (χ1v) is 5.04. The zero-order valence-electron chi connectivity index (χ0n) is 8.67. The normalized spacial score (nSPS) is 19.9. The Morgan fingerprint density at radius 2 is 2.07 bits per heavy atom. The molecule has 0 aromatic carbocycles. The Balaban J connectivity index is 2.39. The van der Waals surface area contributed by atoms with Gasteiger partial charge >= 0.3 is 5.97 Å². The molecule has 1 aliphatic rings. The minimum atomic E-state index is -1.09. The number of hydrogen-bond donors (Lipinski definition) is 2. The number of carboxylic acid groups (broad SMARTS) is 1. The van der Waals surface area contributed by atoms with Crippen LogP contribution in [-0.2, 0) is 9.59 Å². The number of amides is 1. The zero-order chi connectivity index (χ0) is 10.8. The highest BCUT2D eigenvalue weighted by molar-refractivity contribution is 6.04. The lowest BCUT2D eigenvalue weighted by Crippen LogP contribution is -2.38. The molecule has 0 bridgehead atoms. The van der Waals surface area contributed by atoms with Crippen molar-refractivity contribution in [3.8, 4) is 0 Å². The molecule has 80 valence electrons. The van der Waals surface area contributed by atoms with E-state index < -0.39 is 11.4 Å². The van der Waals surface area contributed by atoms with Crippen LogP contribution >= 0.6 is 0 Å². The molecular formula is C10H17NO3. The minimum Gasteiger partial charge on any atom is -0.480 e. The van der Waals surface area contributed by atoms with Gasteiger partial charge in [0.25, 0.3) is 0 Å². The van der Waals surface area contributed by atoms with Gasteiger partial charge in [0.1, 0.15) is 5.41 Å². The number of nitrogens with one attached hydrogen (secondary N) is 1. The lowest BCUT2D eigenvalue weighted by molar-refractivity contribution is -0.149. The SMILES string of the molecule is CCC(C)CNC(=O)C1(C(=O)O)CC1. The van der Waals surface area contributed by atoms with E-state index in [0.29, 0.717) is 25.3 Å². The molecule has 1 fully saturated rings. The van der Waals surface area contributed by atoms with Gasteiger partial charge in [-0.1, -0.05) is 20.3 Å². The summed E-state index contributed by atoms with van der Waals surface area (Å²) in [5.41, 5.74) is -1.09. The minimum absolute atomic E-state index is 0.315. The van der Waals surface area contributed by atoms with Crippen molar-refractivity contribution >= 4 is 11.9 Å². The van der Waals surface area contributed by atoms with Crippen LogP contribution in [-0.4, -0.2) is 23.5 Å². The molecule has 0 spiro atoms. The van der Waals surface area contributed by atoms with Crippen LogP contribution in [0.15, 0.2) is 0 Å². The van der Waals surface area contributed by atoms with Crippen molar-refractivity contribution in [3.63, 3.8) is 0 Å². The predicted octanol–water partition coefficient (Wildman–Crippen LogP) is 1.01.